The Morgan fingerprint density at radius 2 is 2.17 bits per heavy atom. The number of aliphatic hydroxyl groups is 1. The minimum absolute atomic E-state index is 0.247. The molecule has 1 fully saturated rings. The number of anilines is 2. The van der Waals surface area contributed by atoms with Crippen LogP contribution in [0.1, 0.15) is 19.3 Å². The number of hydrogen-bond donors (Lipinski definition) is 1. The molecular weight excluding hydrogens is 235 g/mol. The fourth-order valence-corrected chi connectivity index (χ4v) is 2.09. The molecule has 18 heavy (non-hydrogen) atoms. The molecule has 1 atom stereocenters. The maximum atomic E-state index is 13.5. The van der Waals surface area contributed by atoms with E-state index in [1.54, 1.807) is 19.0 Å². The van der Waals surface area contributed by atoms with E-state index in [0.717, 1.165) is 19.4 Å². The fraction of sp³-hybridized carbons (Fsp3) is 0.667. The van der Waals surface area contributed by atoms with Crippen LogP contribution in [0, 0.1) is 5.82 Å². The van der Waals surface area contributed by atoms with Crippen LogP contribution in [0.3, 0.4) is 0 Å². The van der Waals surface area contributed by atoms with Crippen molar-refractivity contribution >= 4 is 11.8 Å². The van der Waals surface area contributed by atoms with E-state index in [4.69, 9.17) is 0 Å². The number of nitrogens with zero attached hydrogens (tertiary/aromatic N) is 4. The van der Waals surface area contributed by atoms with Crippen LogP contribution < -0.4 is 9.80 Å². The van der Waals surface area contributed by atoms with Gasteiger partial charge in [0, 0.05) is 27.2 Å². The predicted octanol–water partition coefficient (Wildman–Crippen LogP) is 1.03. The van der Waals surface area contributed by atoms with Crippen molar-refractivity contribution in [1.82, 2.24) is 9.97 Å². The number of halogens is 1. The van der Waals surface area contributed by atoms with Gasteiger partial charge in [0.05, 0.1) is 12.3 Å². The van der Waals surface area contributed by atoms with Gasteiger partial charge < -0.3 is 14.9 Å². The highest BCUT2D eigenvalue weighted by Gasteiger charge is 2.18. The molecular formula is C12H19FN4O. The zero-order valence-electron chi connectivity index (χ0n) is 10.8. The van der Waals surface area contributed by atoms with E-state index in [0.29, 0.717) is 24.7 Å². The standard InChI is InChI=1S/C12H19FN4O/c1-16(2)11-10(13)8-14-12(15-11)17-6-3-4-9(18)5-7-17/h8-9,18H,3-7H2,1-2H3. The highest BCUT2D eigenvalue weighted by molar-refractivity contribution is 5.43. The molecule has 6 heteroatoms. The van der Waals surface area contributed by atoms with E-state index in [1.807, 2.05) is 4.90 Å². The topological polar surface area (TPSA) is 52.5 Å². The molecule has 0 radical (unpaired) electrons. The van der Waals surface area contributed by atoms with Crippen molar-refractivity contribution in [3.05, 3.63) is 12.0 Å². The van der Waals surface area contributed by atoms with Crippen LogP contribution in [0.15, 0.2) is 6.20 Å². The zero-order valence-corrected chi connectivity index (χ0v) is 10.8. The first-order chi connectivity index (χ1) is 8.58. The summed E-state index contributed by atoms with van der Waals surface area (Å²) in [5.41, 5.74) is 0. The van der Waals surface area contributed by atoms with Gasteiger partial charge in [-0.2, -0.15) is 4.98 Å². The van der Waals surface area contributed by atoms with E-state index in [9.17, 15) is 9.50 Å². The molecule has 0 amide bonds. The summed E-state index contributed by atoms with van der Waals surface area (Å²) in [7, 11) is 3.50. The quantitative estimate of drug-likeness (QED) is 0.854. The van der Waals surface area contributed by atoms with Crippen molar-refractivity contribution in [2.45, 2.75) is 25.4 Å². The Hall–Kier alpha value is -1.43. The van der Waals surface area contributed by atoms with Gasteiger partial charge in [-0.3, -0.25) is 0 Å². The minimum Gasteiger partial charge on any atom is -0.393 e. The molecule has 1 aromatic heterocycles. The Morgan fingerprint density at radius 1 is 1.39 bits per heavy atom. The van der Waals surface area contributed by atoms with Gasteiger partial charge in [-0.05, 0) is 19.3 Å². The first-order valence-corrected chi connectivity index (χ1v) is 6.21. The second-order valence-electron chi connectivity index (χ2n) is 4.81. The number of hydrogen-bond acceptors (Lipinski definition) is 5. The third kappa shape index (κ3) is 2.87. The summed E-state index contributed by atoms with van der Waals surface area (Å²) in [5, 5.41) is 9.61. The molecule has 100 valence electrons. The highest BCUT2D eigenvalue weighted by atomic mass is 19.1. The lowest BCUT2D eigenvalue weighted by molar-refractivity contribution is 0.161. The second kappa shape index (κ2) is 5.48. The van der Waals surface area contributed by atoms with Gasteiger partial charge in [0.1, 0.15) is 0 Å². The fourth-order valence-electron chi connectivity index (χ4n) is 2.09. The van der Waals surface area contributed by atoms with Gasteiger partial charge in [-0.15, -0.1) is 0 Å². The van der Waals surface area contributed by atoms with Crippen molar-refractivity contribution in [3.8, 4) is 0 Å². The van der Waals surface area contributed by atoms with Crippen LogP contribution >= 0.6 is 0 Å². The largest absolute Gasteiger partial charge is 0.393 e. The lowest BCUT2D eigenvalue weighted by Crippen LogP contribution is -2.27. The van der Waals surface area contributed by atoms with Crippen molar-refractivity contribution in [1.29, 1.82) is 0 Å². The first-order valence-electron chi connectivity index (χ1n) is 6.21. The Bertz CT molecular complexity index is 413. The summed E-state index contributed by atoms with van der Waals surface area (Å²) in [6.07, 6.45) is 3.37. The van der Waals surface area contributed by atoms with Crippen molar-refractivity contribution in [3.63, 3.8) is 0 Å². The van der Waals surface area contributed by atoms with Gasteiger partial charge in [0.25, 0.3) is 0 Å². The third-order valence-corrected chi connectivity index (χ3v) is 3.12. The van der Waals surface area contributed by atoms with Crippen LogP contribution in [-0.2, 0) is 0 Å². The predicted molar refractivity (Wildman–Crippen MR) is 68.4 cm³/mol. The second-order valence-corrected chi connectivity index (χ2v) is 4.81. The SMILES string of the molecule is CN(C)c1nc(N2CCCC(O)CC2)ncc1F. The maximum absolute atomic E-state index is 13.5. The van der Waals surface area contributed by atoms with Gasteiger partial charge in [-0.1, -0.05) is 0 Å². The average molecular weight is 254 g/mol. The van der Waals surface area contributed by atoms with Crippen LogP contribution in [0.25, 0.3) is 0 Å². The van der Waals surface area contributed by atoms with Gasteiger partial charge >= 0.3 is 0 Å². The van der Waals surface area contributed by atoms with Crippen molar-refractivity contribution in [2.75, 3.05) is 37.0 Å². The van der Waals surface area contributed by atoms with Gasteiger partial charge in [-0.25, -0.2) is 9.37 Å². The highest BCUT2D eigenvalue weighted by Crippen LogP contribution is 2.20. The number of rotatable bonds is 2. The number of aliphatic hydroxyl groups excluding tert-OH is 1. The lowest BCUT2D eigenvalue weighted by atomic mass is 10.2. The van der Waals surface area contributed by atoms with E-state index in [2.05, 4.69) is 9.97 Å². The molecule has 2 rings (SSSR count). The molecule has 0 saturated carbocycles. The van der Waals surface area contributed by atoms with Gasteiger partial charge in [0.15, 0.2) is 11.6 Å². The molecule has 1 aliphatic rings. The summed E-state index contributed by atoms with van der Waals surface area (Å²) in [6, 6.07) is 0. The normalized spacial score (nSPS) is 20.7. The third-order valence-electron chi connectivity index (χ3n) is 3.12. The van der Waals surface area contributed by atoms with Crippen LogP contribution in [-0.4, -0.2) is 48.4 Å². The lowest BCUT2D eigenvalue weighted by Gasteiger charge is -2.22. The Labute approximate surface area is 106 Å². The van der Waals surface area contributed by atoms with Crippen molar-refractivity contribution < 1.29 is 9.50 Å². The van der Waals surface area contributed by atoms with E-state index in [1.165, 1.54) is 6.20 Å². The van der Waals surface area contributed by atoms with E-state index in [-0.39, 0.29) is 6.10 Å². The Kier molecular flexibility index (Phi) is 3.96. The molecule has 2 heterocycles. The Morgan fingerprint density at radius 3 is 2.89 bits per heavy atom. The minimum atomic E-state index is -0.418. The molecule has 1 aromatic rings. The van der Waals surface area contributed by atoms with Crippen LogP contribution in [0.2, 0.25) is 0 Å². The molecule has 1 saturated heterocycles. The molecule has 1 aliphatic heterocycles. The molecule has 0 aliphatic carbocycles. The van der Waals surface area contributed by atoms with Crippen LogP contribution in [0.5, 0.6) is 0 Å². The van der Waals surface area contributed by atoms with Gasteiger partial charge in [0.2, 0.25) is 5.95 Å². The molecule has 0 spiro atoms. The molecule has 0 bridgehead atoms. The average Bonchev–Trinajstić information content (AvgIpc) is 2.54. The molecule has 1 unspecified atom stereocenters. The summed E-state index contributed by atoms with van der Waals surface area (Å²) >= 11 is 0. The molecule has 5 nitrogen and oxygen atoms in total. The van der Waals surface area contributed by atoms with E-state index < -0.39 is 5.82 Å². The zero-order chi connectivity index (χ0) is 13.1. The van der Waals surface area contributed by atoms with Crippen LogP contribution in [0.4, 0.5) is 16.2 Å². The number of aromatic nitrogens is 2. The summed E-state index contributed by atoms with van der Waals surface area (Å²) in [5.74, 6) is 0.414. The van der Waals surface area contributed by atoms with E-state index >= 15 is 0 Å². The summed E-state index contributed by atoms with van der Waals surface area (Å²) in [6.45, 7) is 1.51. The smallest absolute Gasteiger partial charge is 0.227 e. The molecule has 1 N–H and O–H groups in total. The monoisotopic (exact) mass is 254 g/mol. The Balaban J connectivity index is 2.19. The summed E-state index contributed by atoms with van der Waals surface area (Å²) < 4.78 is 13.5. The maximum Gasteiger partial charge on any atom is 0.227 e. The summed E-state index contributed by atoms with van der Waals surface area (Å²) in [4.78, 5) is 11.9. The molecule has 0 aromatic carbocycles. The first kappa shape index (κ1) is 13.0. The van der Waals surface area contributed by atoms with Crippen molar-refractivity contribution in [2.24, 2.45) is 0 Å².